The Morgan fingerprint density at radius 2 is 2.00 bits per heavy atom. The zero-order valence-electron chi connectivity index (χ0n) is 10.2. The van der Waals surface area contributed by atoms with Crippen molar-refractivity contribution in [3.05, 3.63) is 0 Å². The van der Waals surface area contributed by atoms with Crippen LogP contribution in [0.3, 0.4) is 0 Å². The molecule has 0 heterocycles. The average molecular weight is 198 g/mol. The fourth-order valence-corrected chi connectivity index (χ4v) is 2.59. The Bertz CT molecular complexity index is 156. The second-order valence-electron chi connectivity index (χ2n) is 4.97. The van der Waals surface area contributed by atoms with Gasteiger partial charge in [-0.3, -0.25) is 0 Å². The molecule has 0 bridgehead atoms. The Morgan fingerprint density at radius 1 is 1.29 bits per heavy atom. The van der Waals surface area contributed by atoms with Gasteiger partial charge in [-0.25, -0.2) is 0 Å². The summed E-state index contributed by atoms with van der Waals surface area (Å²) in [4.78, 5) is 2.24. The van der Waals surface area contributed by atoms with Crippen LogP contribution in [-0.2, 0) is 0 Å². The van der Waals surface area contributed by atoms with Crippen LogP contribution in [0, 0.1) is 11.8 Å². The number of hydrogen-bond donors (Lipinski definition) is 1. The summed E-state index contributed by atoms with van der Waals surface area (Å²) in [5.41, 5.74) is 0. The highest BCUT2D eigenvalue weighted by atomic mass is 15.1. The third kappa shape index (κ3) is 3.25. The van der Waals surface area contributed by atoms with E-state index >= 15 is 0 Å². The van der Waals surface area contributed by atoms with Crippen LogP contribution >= 0.6 is 0 Å². The summed E-state index contributed by atoms with van der Waals surface area (Å²) in [5, 5.41) is 3.69. The maximum absolute atomic E-state index is 3.69. The van der Waals surface area contributed by atoms with Crippen molar-refractivity contribution in [3.8, 4) is 0 Å². The second kappa shape index (κ2) is 5.72. The van der Waals surface area contributed by atoms with Gasteiger partial charge in [0.05, 0.1) is 0 Å². The molecule has 2 nitrogen and oxygen atoms in total. The fourth-order valence-electron chi connectivity index (χ4n) is 2.59. The van der Waals surface area contributed by atoms with Gasteiger partial charge < -0.3 is 10.2 Å². The average Bonchev–Trinajstić information content (AvgIpc) is 2.47. The molecule has 1 aliphatic rings. The van der Waals surface area contributed by atoms with Crippen molar-refractivity contribution < 1.29 is 0 Å². The Kier molecular flexibility index (Phi) is 4.90. The molecule has 0 aromatic carbocycles. The normalized spacial score (nSPS) is 32.8. The van der Waals surface area contributed by atoms with Crippen molar-refractivity contribution in [2.24, 2.45) is 11.8 Å². The number of nitrogens with zero attached hydrogens (tertiary/aromatic N) is 1. The van der Waals surface area contributed by atoms with E-state index in [2.05, 4.69) is 38.2 Å². The maximum Gasteiger partial charge on any atom is 0.0101 e. The van der Waals surface area contributed by atoms with Gasteiger partial charge >= 0.3 is 0 Å². The molecular formula is C12H26N2. The first-order valence-electron chi connectivity index (χ1n) is 6.03. The Morgan fingerprint density at radius 3 is 2.50 bits per heavy atom. The lowest BCUT2D eigenvalue weighted by Gasteiger charge is -2.22. The number of nitrogens with one attached hydrogen (secondary N) is 1. The lowest BCUT2D eigenvalue weighted by Crippen LogP contribution is -2.37. The number of rotatable bonds is 5. The molecule has 0 spiro atoms. The van der Waals surface area contributed by atoms with Crippen molar-refractivity contribution in [1.82, 2.24) is 10.2 Å². The number of likely N-dealkylation sites (N-methyl/N-ethyl adjacent to an activating group) is 1. The molecule has 1 saturated carbocycles. The summed E-state index contributed by atoms with van der Waals surface area (Å²) >= 11 is 0. The van der Waals surface area contributed by atoms with Crippen molar-refractivity contribution >= 4 is 0 Å². The standard InChI is InChI=1S/C12H26N2/c1-5-11-6-7-12(10(11)2)13-8-9-14(3)4/h10-13H,5-9H2,1-4H3. The van der Waals surface area contributed by atoms with Gasteiger partial charge in [0.2, 0.25) is 0 Å². The third-order valence-electron chi connectivity index (χ3n) is 3.72. The van der Waals surface area contributed by atoms with Crippen molar-refractivity contribution in [3.63, 3.8) is 0 Å². The van der Waals surface area contributed by atoms with Gasteiger partial charge in [-0.2, -0.15) is 0 Å². The Balaban J connectivity index is 2.19. The van der Waals surface area contributed by atoms with Crippen LogP contribution in [-0.4, -0.2) is 38.1 Å². The van der Waals surface area contributed by atoms with Crippen molar-refractivity contribution in [2.75, 3.05) is 27.2 Å². The van der Waals surface area contributed by atoms with Gasteiger partial charge in [-0.15, -0.1) is 0 Å². The minimum atomic E-state index is 0.778. The predicted octanol–water partition coefficient (Wildman–Crippen LogP) is 1.96. The van der Waals surface area contributed by atoms with Crippen LogP contribution in [0.1, 0.15) is 33.1 Å². The first-order valence-corrected chi connectivity index (χ1v) is 6.03. The van der Waals surface area contributed by atoms with Crippen LogP contribution in [0.2, 0.25) is 0 Å². The monoisotopic (exact) mass is 198 g/mol. The Hall–Kier alpha value is -0.0800. The van der Waals surface area contributed by atoms with E-state index in [1.807, 2.05) is 0 Å². The quantitative estimate of drug-likeness (QED) is 0.726. The van der Waals surface area contributed by atoms with Crippen LogP contribution in [0.25, 0.3) is 0 Å². The minimum Gasteiger partial charge on any atom is -0.312 e. The Labute approximate surface area is 89.1 Å². The summed E-state index contributed by atoms with van der Waals surface area (Å²) in [6, 6.07) is 0.778. The third-order valence-corrected chi connectivity index (χ3v) is 3.72. The zero-order chi connectivity index (χ0) is 10.6. The smallest absolute Gasteiger partial charge is 0.0101 e. The molecule has 84 valence electrons. The summed E-state index contributed by atoms with van der Waals surface area (Å²) in [6.07, 6.45) is 4.16. The van der Waals surface area contributed by atoms with E-state index < -0.39 is 0 Å². The molecule has 3 atom stereocenters. The van der Waals surface area contributed by atoms with E-state index in [0.717, 1.165) is 31.0 Å². The van der Waals surface area contributed by atoms with E-state index in [-0.39, 0.29) is 0 Å². The SMILES string of the molecule is CCC1CCC(NCCN(C)C)C1C. The maximum atomic E-state index is 3.69. The topological polar surface area (TPSA) is 15.3 Å². The van der Waals surface area contributed by atoms with E-state index in [1.165, 1.54) is 19.3 Å². The summed E-state index contributed by atoms with van der Waals surface area (Å²) < 4.78 is 0. The van der Waals surface area contributed by atoms with Gasteiger partial charge in [0.1, 0.15) is 0 Å². The van der Waals surface area contributed by atoms with E-state index in [9.17, 15) is 0 Å². The fraction of sp³-hybridized carbons (Fsp3) is 1.00. The molecule has 0 amide bonds. The second-order valence-corrected chi connectivity index (χ2v) is 4.97. The molecule has 3 unspecified atom stereocenters. The van der Waals surface area contributed by atoms with Gasteiger partial charge in [-0.1, -0.05) is 20.3 Å². The number of hydrogen-bond acceptors (Lipinski definition) is 2. The van der Waals surface area contributed by atoms with Gasteiger partial charge in [-0.05, 0) is 38.8 Å². The molecule has 0 aliphatic heterocycles. The first-order chi connectivity index (χ1) is 6.65. The van der Waals surface area contributed by atoms with E-state index in [1.54, 1.807) is 0 Å². The van der Waals surface area contributed by atoms with Crippen LogP contribution in [0.15, 0.2) is 0 Å². The van der Waals surface area contributed by atoms with Crippen LogP contribution in [0.4, 0.5) is 0 Å². The van der Waals surface area contributed by atoms with Gasteiger partial charge in [0.15, 0.2) is 0 Å². The molecule has 0 radical (unpaired) electrons. The molecule has 1 N–H and O–H groups in total. The predicted molar refractivity (Wildman–Crippen MR) is 62.5 cm³/mol. The molecule has 0 saturated heterocycles. The highest BCUT2D eigenvalue weighted by Crippen LogP contribution is 2.33. The van der Waals surface area contributed by atoms with Crippen molar-refractivity contribution in [2.45, 2.75) is 39.2 Å². The van der Waals surface area contributed by atoms with Gasteiger partial charge in [0, 0.05) is 19.1 Å². The largest absolute Gasteiger partial charge is 0.312 e. The van der Waals surface area contributed by atoms with Crippen LogP contribution < -0.4 is 5.32 Å². The molecule has 1 rings (SSSR count). The van der Waals surface area contributed by atoms with Gasteiger partial charge in [0.25, 0.3) is 0 Å². The molecule has 1 fully saturated rings. The van der Waals surface area contributed by atoms with E-state index in [0.29, 0.717) is 0 Å². The lowest BCUT2D eigenvalue weighted by atomic mass is 9.93. The molecule has 0 aromatic heterocycles. The van der Waals surface area contributed by atoms with Crippen molar-refractivity contribution in [1.29, 1.82) is 0 Å². The summed E-state index contributed by atoms with van der Waals surface area (Å²) in [6.45, 7) is 7.02. The summed E-state index contributed by atoms with van der Waals surface area (Å²) in [5.74, 6) is 1.84. The molecular weight excluding hydrogens is 172 g/mol. The first kappa shape index (κ1) is 12.0. The molecule has 1 aliphatic carbocycles. The highest BCUT2D eigenvalue weighted by Gasteiger charge is 2.30. The lowest BCUT2D eigenvalue weighted by molar-refractivity contribution is 0.326. The molecule has 2 heteroatoms. The minimum absolute atomic E-state index is 0.778. The summed E-state index contributed by atoms with van der Waals surface area (Å²) in [7, 11) is 4.27. The molecule has 0 aromatic rings. The molecule has 14 heavy (non-hydrogen) atoms. The highest BCUT2D eigenvalue weighted by molar-refractivity contribution is 4.86. The van der Waals surface area contributed by atoms with Crippen LogP contribution in [0.5, 0.6) is 0 Å². The van der Waals surface area contributed by atoms with E-state index in [4.69, 9.17) is 0 Å². The zero-order valence-corrected chi connectivity index (χ0v) is 10.2.